The molecule has 8 rings (SSSR count). The Hall–Kier alpha value is -4.44. The molecule has 0 aliphatic heterocycles. The van der Waals surface area contributed by atoms with Crippen LogP contribution in [-0.2, 0) is 50.4 Å². The second kappa shape index (κ2) is 25.6. The number of rotatable bonds is 14. The minimum atomic E-state index is -1.43. The van der Waals surface area contributed by atoms with Gasteiger partial charge < -0.3 is 0 Å². The van der Waals surface area contributed by atoms with Crippen LogP contribution in [0.25, 0.3) is 0 Å². The van der Waals surface area contributed by atoms with Gasteiger partial charge in [0, 0.05) is 62.6 Å². The number of isocyanates is 2. The van der Waals surface area contributed by atoms with Crippen molar-refractivity contribution in [3.05, 3.63) is 243 Å². The van der Waals surface area contributed by atoms with Gasteiger partial charge in [0.25, 0.3) is 0 Å². The van der Waals surface area contributed by atoms with Crippen LogP contribution in [0.15, 0.2) is 253 Å². The maximum absolute atomic E-state index is 12.0. The van der Waals surface area contributed by atoms with Crippen LogP contribution in [0.5, 0.6) is 0 Å². The molecule has 0 heterocycles. The van der Waals surface area contributed by atoms with Gasteiger partial charge in [-0.25, -0.2) is 9.59 Å². The van der Waals surface area contributed by atoms with Crippen LogP contribution in [0.4, 0.5) is 0 Å². The van der Waals surface area contributed by atoms with Crippen molar-refractivity contribution in [2.24, 2.45) is 9.98 Å². The molecular formula is C52H42N2O2P4Pd2. The van der Waals surface area contributed by atoms with E-state index in [4.69, 9.17) is 0 Å². The van der Waals surface area contributed by atoms with Crippen LogP contribution in [-0.4, -0.2) is 23.2 Å². The zero-order chi connectivity index (χ0) is 41.2. The topological polar surface area (TPSA) is 58.9 Å². The quantitative estimate of drug-likeness (QED) is 0.0472. The molecular weight excluding hydrogens is 1020 g/mol. The van der Waals surface area contributed by atoms with E-state index in [0.717, 1.165) is 21.2 Å². The Morgan fingerprint density at radius 1 is 0.306 bits per heavy atom. The standard InChI is InChI=1S/C27H20N2O2P2.C25H22P2.2Pd/c30-21-28-27(29-22-31,32(23-13-5-1-6-14-23)24-15-7-2-8-16-24)33(25-17-9-3-10-18-25)26-19-11-4-12-20-26;1-5-13-22(14-6-1)26(23-15-7-2-8-16-23)21-27(24-17-9-3-10-18-24)25-19-11-4-12-20-25;;/h1-20H;1-20H,21H2;;. The summed E-state index contributed by atoms with van der Waals surface area (Å²) in [6.45, 7) is 0. The van der Waals surface area contributed by atoms with Crippen molar-refractivity contribution < 1.29 is 50.4 Å². The summed E-state index contributed by atoms with van der Waals surface area (Å²) in [5.74, 6) is 1.17. The van der Waals surface area contributed by atoms with Crippen LogP contribution < -0.4 is 42.4 Å². The summed E-state index contributed by atoms with van der Waals surface area (Å²) in [4.78, 5) is 32.7. The summed E-state index contributed by atoms with van der Waals surface area (Å²) in [6.07, 6.45) is 3.54. The molecule has 62 heavy (non-hydrogen) atoms. The van der Waals surface area contributed by atoms with Crippen LogP contribution in [0.2, 0.25) is 0 Å². The first-order valence-electron chi connectivity index (χ1n) is 19.5. The number of hydrogen-bond donors (Lipinski definition) is 0. The van der Waals surface area contributed by atoms with Gasteiger partial charge in [0.15, 0.2) is 0 Å². The summed E-state index contributed by atoms with van der Waals surface area (Å²) in [7, 11) is -3.67. The third-order valence-corrected chi connectivity index (χ3v) is 21.6. The van der Waals surface area contributed by atoms with Crippen molar-refractivity contribution in [1.82, 2.24) is 0 Å². The van der Waals surface area contributed by atoms with E-state index in [9.17, 15) is 9.59 Å². The van der Waals surface area contributed by atoms with Crippen molar-refractivity contribution in [3.8, 4) is 0 Å². The zero-order valence-corrected chi connectivity index (χ0v) is 40.1. The van der Waals surface area contributed by atoms with E-state index in [2.05, 4.69) is 131 Å². The summed E-state index contributed by atoms with van der Waals surface area (Å²) < 4.78 is 0. The fourth-order valence-electron chi connectivity index (χ4n) is 6.94. The average Bonchev–Trinajstić information content (AvgIpc) is 3.32. The Balaban J connectivity index is 0.000000231. The molecule has 0 bridgehead atoms. The van der Waals surface area contributed by atoms with Gasteiger partial charge >= 0.3 is 0 Å². The Morgan fingerprint density at radius 2 is 0.484 bits per heavy atom. The van der Waals surface area contributed by atoms with E-state index in [1.807, 2.05) is 121 Å². The summed E-state index contributed by atoms with van der Waals surface area (Å²) in [5, 5.41) is 8.23. The summed E-state index contributed by atoms with van der Waals surface area (Å²) >= 11 is 0. The van der Waals surface area contributed by atoms with Gasteiger partial charge in [0.05, 0.1) is 0 Å². The Bertz CT molecular complexity index is 2250. The Kier molecular flexibility index (Phi) is 20.1. The van der Waals surface area contributed by atoms with Gasteiger partial charge in [-0.2, -0.15) is 9.98 Å². The first-order valence-corrected chi connectivity index (χ1v) is 25.2. The smallest absolute Gasteiger partial charge is 0.211 e. The minimum Gasteiger partial charge on any atom is -0.211 e. The number of aliphatic imine (C=N–C) groups is 2. The summed E-state index contributed by atoms with van der Waals surface area (Å²) in [6, 6.07) is 83.4. The molecule has 0 aliphatic carbocycles. The van der Waals surface area contributed by atoms with Crippen molar-refractivity contribution in [2.75, 3.05) is 5.90 Å². The number of nitrogens with zero attached hydrogens (tertiary/aromatic N) is 2. The molecule has 0 aliphatic rings. The number of benzene rings is 8. The van der Waals surface area contributed by atoms with Crippen molar-refractivity contribution in [2.45, 2.75) is 5.15 Å². The molecule has 10 heteroatoms. The van der Waals surface area contributed by atoms with Gasteiger partial charge in [0.1, 0.15) is 0 Å². The van der Waals surface area contributed by atoms with Gasteiger partial charge in [-0.15, -0.1) is 0 Å². The van der Waals surface area contributed by atoms with Crippen LogP contribution in [0.3, 0.4) is 0 Å². The van der Waals surface area contributed by atoms with E-state index in [1.54, 1.807) is 12.2 Å². The Labute approximate surface area is 397 Å². The van der Waals surface area contributed by atoms with Crippen LogP contribution in [0.1, 0.15) is 0 Å². The van der Waals surface area contributed by atoms with Gasteiger partial charge in [-0.3, -0.25) is 0 Å². The fraction of sp³-hybridized carbons (Fsp3) is 0.0385. The normalized spacial score (nSPS) is 10.6. The molecule has 4 nitrogen and oxygen atoms in total. The van der Waals surface area contributed by atoms with Gasteiger partial charge in [-0.05, 0) is 58.3 Å². The molecule has 0 N–H and O–H groups in total. The molecule has 8 aromatic rings. The second-order valence-corrected chi connectivity index (χ2v) is 23.3. The van der Waals surface area contributed by atoms with Crippen LogP contribution in [0, 0.1) is 0 Å². The predicted octanol–water partition coefficient (Wildman–Crippen LogP) is 9.74. The third kappa shape index (κ3) is 12.4. The van der Waals surface area contributed by atoms with Crippen molar-refractivity contribution in [1.29, 1.82) is 0 Å². The minimum absolute atomic E-state index is 0. The molecule has 0 atom stereocenters. The molecule has 0 spiro atoms. The Morgan fingerprint density at radius 3 is 0.661 bits per heavy atom. The monoisotopic (exact) mass is 1060 g/mol. The third-order valence-electron chi connectivity index (χ3n) is 9.60. The van der Waals surface area contributed by atoms with Gasteiger partial charge in [0.2, 0.25) is 17.3 Å². The number of carbonyl (C=O) groups excluding carboxylic acids is 2. The van der Waals surface area contributed by atoms with E-state index in [-0.39, 0.29) is 40.8 Å². The molecule has 312 valence electrons. The average molecular weight is 1060 g/mol. The summed E-state index contributed by atoms with van der Waals surface area (Å²) in [5.41, 5.74) is 0. The molecule has 0 aromatic heterocycles. The number of hydrogen-bond acceptors (Lipinski definition) is 4. The first-order chi connectivity index (χ1) is 29.7. The maximum atomic E-state index is 12.0. The molecule has 0 saturated heterocycles. The SMILES string of the molecule is O=C=NC(N=C=O)(P(c1ccccc1)c1ccccc1)P(c1ccccc1)c1ccccc1.[Pd].[Pd].c1ccc(P(CP(c2ccccc2)c2ccccc2)c2ccccc2)cc1. The molecule has 0 radical (unpaired) electrons. The van der Waals surface area contributed by atoms with Crippen molar-refractivity contribution in [3.63, 3.8) is 0 Å². The zero-order valence-electron chi connectivity index (χ0n) is 33.4. The van der Waals surface area contributed by atoms with E-state index < -0.39 is 36.8 Å². The molecule has 0 amide bonds. The van der Waals surface area contributed by atoms with Crippen molar-refractivity contribution >= 4 is 86.3 Å². The first kappa shape index (κ1) is 48.6. The molecule has 0 fully saturated rings. The molecule has 0 unspecified atom stereocenters. The van der Waals surface area contributed by atoms with E-state index >= 15 is 0 Å². The molecule has 8 aromatic carbocycles. The second-order valence-electron chi connectivity index (χ2n) is 13.4. The van der Waals surface area contributed by atoms with Gasteiger partial charge in [-0.1, -0.05) is 243 Å². The largest absolute Gasteiger partial charge is 0.238 e. The van der Waals surface area contributed by atoms with Crippen LogP contribution >= 0.6 is 31.7 Å². The maximum Gasteiger partial charge on any atom is 0.238 e. The van der Waals surface area contributed by atoms with E-state index in [0.29, 0.717) is 0 Å². The predicted molar refractivity (Wildman–Crippen MR) is 260 cm³/mol. The van der Waals surface area contributed by atoms with E-state index in [1.165, 1.54) is 27.1 Å². The fourth-order valence-corrected chi connectivity index (χ4v) is 20.0. The molecule has 0 saturated carbocycles.